The second-order valence-electron chi connectivity index (χ2n) is 5.89. The molecule has 2 nitrogen and oxygen atoms in total. The molecule has 2 aliphatic rings. The summed E-state index contributed by atoms with van der Waals surface area (Å²) in [5, 5.41) is 0. The quantitative estimate of drug-likeness (QED) is 0.846. The SMILES string of the molecule is O=C1CCCC1C1CCCN1Cc1ccc(F)c(F)c1. The number of carbonyl (C=O) groups is 1. The molecule has 0 spiro atoms. The molecule has 1 saturated heterocycles. The minimum atomic E-state index is -0.808. The first kappa shape index (κ1) is 13.7. The van der Waals surface area contributed by atoms with Crippen LogP contribution in [0, 0.1) is 17.6 Å². The van der Waals surface area contributed by atoms with Gasteiger partial charge in [0.1, 0.15) is 5.78 Å². The molecule has 0 radical (unpaired) electrons. The minimum absolute atomic E-state index is 0.155. The van der Waals surface area contributed by atoms with Gasteiger partial charge < -0.3 is 0 Å². The predicted octanol–water partition coefficient (Wildman–Crippen LogP) is 3.30. The highest BCUT2D eigenvalue weighted by Crippen LogP contribution is 2.34. The normalized spacial score (nSPS) is 27.4. The van der Waals surface area contributed by atoms with Crippen LogP contribution in [0.1, 0.15) is 37.7 Å². The highest BCUT2D eigenvalue weighted by Gasteiger charge is 2.37. The summed E-state index contributed by atoms with van der Waals surface area (Å²) in [7, 11) is 0. The van der Waals surface area contributed by atoms with Gasteiger partial charge in [-0.3, -0.25) is 9.69 Å². The number of benzene rings is 1. The van der Waals surface area contributed by atoms with Crippen molar-refractivity contribution >= 4 is 5.78 Å². The van der Waals surface area contributed by atoms with Crippen LogP contribution in [-0.2, 0) is 11.3 Å². The molecular formula is C16H19F2NO. The minimum Gasteiger partial charge on any atom is -0.299 e. The van der Waals surface area contributed by atoms with Crippen molar-refractivity contribution in [3.63, 3.8) is 0 Å². The van der Waals surface area contributed by atoms with Crippen LogP contribution in [0.25, 0.3) is 0 Å². The van der Waals surface area contributed by atoms with E-state index in [1.165, 1.54) is 12.1 Å². The van der Waals surface area contributed by atoms with E-state index in [0.717, 1.165) is 37.8 Å². The van der Waals surface area contributed by atoms with Crippen LogP contribution >= 0.6 is 0 Å². The largest absolute Gasteiger partial charge is 0.299 e. The first-order valence-electron chi connectivity index (χ1n) is 7.36. The van der Waals surface area contributed by atoms with Gasteiger partial charge in [0.05, 0.1) is 0 Å². The molecule has 4 heteroatoms. The lowest BCUT2D eigenvalue weighted by atomic mass is 9.95. The van der Waals surface area contributed by atoms with E-state index in [2.05, 4.69) is 4.90 Å². The first-order valence-corrected chi connectivity index (χ1v) is 7.36. The maximum atomic E-state index is 13.3. The Labute approximate surface area is 117 Å². The van der Waals surface area contributed by atoms with Crippen LogP contribution in [0.15, 0.2) is 18.2 Å². The van der Waals surface area contributed by atoms with Gasteiger partial charge in [-0.1, -0.05) is 6.07 Å². The highest BCUT2D eigenvalue weighted by molar-refractivity contribution is 5.83. The van der Waals surface area contributed by atoms with Gasteiger partial charge in [0.2, 0.25) is 0 Å². The molecule has 108 valence electrons. The predicted molar refractivity (Wildman–Crippen MR) is 72.1 cm³/mol. The number of hydrogen-bond donors (Lipinski definition) is 0. The second kappa shape index (κ2) is 5.60. The third-order valence-corrected chi connectivity index (χ3v) is 4.60. The molecule has 1 aliphatic heterocycles. The summed E-state index contributed by atoms with van der Waals surface area (Å²) in [5.74, 6) is -1.07. The molecule has 3 rings (SSSR count). The van der Waals surface area contributed by atoms with E-state index in [4.69, 9.17) is 0 Å². The van der Waals surface area contributed by atoms with Crippen molar-refractivity contribution in [2.75, 3.05) is 6.54 Å². The third-order valence-electron chi connectivity index (χ3n) is 4.60. The number of ketones is 1. The van der Waals surface area contributed by atoms with Gasteiger partial charge in [-0.25, -0.2) is 8.78 Å². The molecule has 0 aromatic heterocycles. The zero-order valence-corrected chi connectivity index (χ0v) is 11.4. The van der Waals surface area contributed by atoms with Gasteiger partial charge in [0.25, 0.3) is 0 Å². The van der Waals surface area contributed by atoms with E-state index in [-0.39, 0.29) is 12.0 Å². The summed E-state index contributed by atoms with van der Waals surface area (Å²) in [5.41, 5.74) is 0.779. The molecule has 1 aromatic rings. The van der Waals surface area contributed by atoms with E-state index < -0.39 is 11.6 Å². The lowest BCUT2D eigenvalue weighted by Gasteiger charge is -2.28. The number of Topliss-reactive ketones (excluding diaryl/α,β-unsaturated/α-hetero) is 1. The van der Waals surface area contributed by atoms with Gasteiger partial charge in [0.15, 0.2) is 11.6 Å². The Morgan fingerprint density at radius 2 is 2.00 bits per heavy atom. The van der Waals surface area contributed by atoms with Crippen LogP contribution in [-0.4, -0.2) is 23.3 Å². The lowest BCUT2D eigenvalue weighted by Crippen LogP contribution is -2.37. The van der Waals surface area contributed by atoms with Gasteiger partial charge >= 0.3 is 0 Å². The third kappa shape index (κ3) is 2.62. The summed E-state index contributed by atoms with van der Waals surface area (Å²) in [6, 6.07) is 4.36. The van der Waals surface area contributed by atoms with Crippen molar-refractivity contribution in [3.05, 3.63) is 35.4 Å². The van der Waals surface area contributed by atoms with E-state index in [0.29, 0.717) is 18.7 Å². The van der Waals surface area contributed by atoms with Crippen LogP contribution in [0.2, 0.25) is 0 Å². The van der Waals surface area contributed by atoms with Crippen LogP contribution in [0.5, 0.6) is 0 Å². The molecule has 20 heavy (non-hydrogen) atoms. The molecule has 0 N–H and O–H groups in total. The molecule has 1 aliphatic carbocycles. The van der Waals surface area contributed by atoms with Gasteiger partial charge in [-0.05, 0) is 49.9 Å². The Morgan fingerprint density at radius 3 is 2.70 bits per heavy atom. The summed E-state index contributed by atoms with van der Waals surface area (Å²) >= 11 is 0. The van der Waals surface area contributed by atoms with Gasteiger partial charge in [0, 0.05) is 24.9 Å². The molecule has 2 unspecified atom stereocenters. The number of nitrogens with zero attached hydrogens (tertiary/aromatic N) is 1. The van der Waals surface area contributed by atoms with Gasteiger partial charge in [-0.15, -0.1) is 0 Å². The molecule has 0 bridgehead atoms. The molecule has 1 heterocycles. The van der Waals surface area contributed by atoms with Crippen LogP contribution in [0.3, 0.4) is 0 Å². The van der Waals surface area contributed by atoms with Crippen molar-refractivity contribution in [3.8, 4) is 0 Å². The Hall–Kier alpha value is -1.29. The number of halogens is 2. The Balaban J connectivity index is 1.72. The Kier molecular flexibility index (Phi) is 3.83. The van der Waals surface area contributed by atoms with Crippen LogP contribution < -0.4 is 0 Å². The van der Waals surface area contributed by atoms with Crippen molar-refractivity contribution in [2.45, 2.75) is 44.7 Å². The number of likely N-dealkylation sites (tertiary alicyclic amines) is 1. The zero-order valence-electron chi connectivity index (χ0n) is 11.4. The van der Waals surface area contributed by atoms with Gasteiger partial charge in [-0.2, -0.15) is 0 Å². The topological polar surface area (TPSA) is 20.3 Å². The summed E-state index contributed by atoms with van der Waals surface area (Å²) < 4.78 is 26.2. The van der Waals surface area contributed by atoms with E-state index in [1.54, 1.807) is 6.07 Å². The average Bonchev–Trinajstić information content (AvgIpc) is 3.02. The summed E-state index contributed by atoms with van der Waals surface area (Å²) in [6.07, 6.45) is 4.81. The van der Waals surface area contributed by atoms with Crippen molar-refractivity contribution < 1.29 is 13.6 Å². The van der Waals surface area contributed by atoms with E-state index >= 15 is 0 Å². The van der Waals surface area contributed by atoms with Crippen molar-refractivity contribution in [2.24, 2.45) is 5.92 Å². The fourth-order valence-corrected chi connectivity index (χ4v) is 3.63. The van der Waals surface area contributed by atoms with Crippen molar-refractivity contribution in [1.29, 1.82) is 0 Å². The lowest BCUT2D eigenvalue weighted by molar-refractivity contribution is -0.122. The molecule has 0 amide bonds. The Bertz CT molecular complexity index is 517. The fourth-order valence-electron chi connectivity index (χ4n) is 3.63. The Morgan fingerprint density at radius 1 is 1.15 bits per heavy atom. The molecule has 2 fully saturated rings. The number of rotatable bonds is 3. The second-order valence-corrected chi connectivity index (χ2v) is 5.89. The van der Waals surface area contributed by atoms with Crippen molar-refractivity contribution in [1.82, 2.24) is 4.90 Å². The van der Waals surface area contributed by atoms with E-state index in [9.17, 15) is 13.6 Å². The van der Waals surface area contributed by atoms with E-state index in [1.807, 2.05) is 0 Å². The average molecular weight is 279 g/mol. The monoisotopic (exact) mass is 279 g/mol. The maximum absolute atomic E-state index is 13.3. The summed E-state index contributed by atoms with van der Waals surface area (Å²) in [4.78, 5) is 14.2. The fraction of sp³-hybridized carbons (Fsp3) is 0.562. The molecule has 1 aromatic carbocycles. The standard InChI is InChI=1S/C16H19F2NO/c17-13-7-6-11(9-14(13)18)10-19-8-2-4-15(19)12-3-1-5-16(12)20/h6-7,9,12,15H,1-5,8,10H2. The smallest absolute Gasteiger partial charge is 0.159 e. The first-order chi connectivity index (χ1) is 9.65. The highest BCUT2D eigenvalue weighted by atomic mass is 19.2. The summed E-state index contributed by atoms with van der Waals surface area (Å²) in [6.45, 7) is 1.54. The number of carbonyl (C=O) groups excluding carboxylic acids is 1. The van der Waals surface area contributed by atoms with Crippen LogP contribution in [0.4, 0.5) is 8.78 Å². The maximum Gasteiger partial charge on any atom is 0.159 e. The molecule has 2 atom stereocenters. The molecular weight excluding hydrogens is 260 g/mol. The number of hydrogen-bond acceptors (Lipinski definition) is 2. The zero-order chi connectivity index (χ0) is 14.1. The molecule has 1 saturated carbocycles.